The molecule has 0 radical (unpaired) electrons. The molecule has 0 amide bonds. The highest BCUT2D eigenvalue weighted by atomic mass is 15.2. The van der Waals surface area contributed by atoms with Crippen molar-refractivity contribution >= 4 is 16.6 Å². The van der Waals surface area contributed by atoms with Crippen LogP contribution in [-0.4, -0.2) is 4.98 Å². The first kappa shape index (κ1) is 11.5. The lowest BCUT2D eigenvalue weighted by molar-refractivity contribution is 0.870. The number of hydrogen-bond acceptors (Lipinski definition) is 3. The molecule has 1 aliphatic rings. The Hall–Kier alpha value is -1.61. The van der Waals surface area contributed by atoms with Crippen molar-refractivity contribution in [2.24, 2.45) is 5.84 Å². The molecule has 3 N–H and O–H groups in total. The minimum atomic E-state index is 0.473. The predicted molar refractivity (Wildman–Crippen MR) is 75.6 cm³/mol. The van der Waals surface area contributed by atoms with Gasteiger partial charge in [0.25, 0.3) is 0 Å². The van der Waals surface area contributed by atoms with E-state index in [4.69, 9.17) is 10.8 Å². The summed E-state index contributed by atoms with van der Waals surface area (Å²) in [5.41, 5.74) is 7.39. The van der Waals surface area contributed by atoms with Gasteiger partial charge in [-0.15, -0.1) is 0 Å². The van der Waals surface area contributed by atoms with Crippen LogP contribution in [0.2, 0.25) is 0 Å². The molecule has 0 aliphatic heterocycles. The minimum absolute atomic E-state index is 0.473. The van der Waals surface area contributed by atoms with E-state index < -0.39 is 0 Å². The third-order valence-electron chi connectivity index (χ3n) is 3.66. The van der Waals surface area contributed by atoms with Crippen LogP contribution in [0.4, 0.5) is 5.69 Å². The topological polar surface area (TPSA) is 50.9 Å². The molecular weight excluding hydrogens is 222 g/mol. The van der Waals surface area contributed by atoms with Crippen molar-refractivity contribution < 1.29 is 0 Å². The molecule has 18 heavy (non-hydrogen) atoms. The first-order valence-corrected chi connectivity index (χ1v) is 6.61. The molecule has 1 saturated carbocycles. The van der Waals surface area contributed by atoms with Crippen molar-refractivity contribution in [1.82, 2.24) is 4.98 Å². The Morgan fingerprint density at radius 2 is 2.11 bits per heavy atom. The van der Waals surface area contributed by atoms with Gasteiger partial charge in [-0.05, 0) is 30.4 Å². The predicted octanol–water partition coefficient (Wildman–Crippen LogP) is 3.52. The van der Waals surface area contributed by atoms with E-state index in [0.29, 0.717) is 11.8 Å². The maximum absolute atomic E-state index is 5.65. The first-order valence-electron chi connectivity index (χ1n) is 6.61. The number of nitrogen functional groups attached to an aromatic ring is 1. The van der Waals surface area contributed by atoms with Gasteiger partial charge in [0.1, 0.15) is 0 Å². The van der Waals surface area contributed by atoms with Crippen LogP contribution in [0.25, 0.3) is 10.9 Å². The van der Waals surface area contributed by atoms with Crippen LogP contribution >= 0.6 is 0 Å². The van der Waals surface area contributed by atoms with Crippen molar-refractivity contribution in [2.75, 3.05) is 5.43 Å². The van der Waals surface area contributed by atoms with Crippen LogP contribution in [0.15, 0.2) is 24.3 Å². The molecule has 0 saturated heterocycles. The summed E-state index contributed by atoms with van der Waals surface area (Å²) >= 11 is 0. The molecule has 1 fully saturated rings. The number of hydrogen-bond donors (Lipinski definition) is 2. The van der Waals surface area contributed by atoms with Gasteiger partial charge in [0.15, 0.2) is 0 Å². The summed E-state index contributed by atoms with van der Waals surface area (Å²) in [6, 6.07) is 8.43. The lowest BCUT2D eigenvalue weighted by atomic mass is 9.98. The fraction of sp³-hybridized carbons (Fsp3) is 0.400. The standard InChI is InChI=1S/C15H19N3/c1-9(2)11-4-3-5-12-14(18-16)8-13(10-6-7-10)17-15(11)12/h3-5,8-10H,6-7,16H2,1-2H3,(H,17,18). The second-order valence-corrected chi connectivity index (χ2v) is 5.41. The number of pyridine rings is 1. The highest BCUT2D eigenvalue weighted by Gasteiger charge is 2.26. The van der Waals surface area contributed by atoms with Crippen molar-refractivity contribution in [3.63, 3.8) is 0 Å². The number of benzene rings is 1. The summed E-state index contributed by atoms with van der Waals surface area (Å²) in [6.45, 7) is 4.41. The Balaban J connectivity index is 2.28. The average molecular weight is 241 g/mol. The second kappa shape index (κ2) is 4.25. The van der Waals surface area contributed by atoms with Gasteiger partial charge in [-0.25, -0.2) is 0 Å². The summed E-state index contributed by atoms with van der Waals surface area (Å²) in [5.74, 6) is 6.77. The number of anilines is 1. The zero-order valence-corrected chi connectivity index (χ0v) is 10.9. The fourth-order valence-corrected chi connectivity index (χ4v) is 2.46. The van der Waals surface area contributed by atoms with E-state index >= 15 is 0 Å². The molecular formula is C15H19N3. The monoisotopic (exact) mass is 241 g/mol. The number of hydrazine groups is 1. The van der Waals surface area contributed by atoms with Gasteiger partial charge in [-0.1, -0.05) is 32.0 Å². The molecule has 3 nitrogen and oxygen atoms in total. The van der Waals surface area contributed by atoms with Gasteiger partial charge in [-0.3, -0.25) is 10.8 Å². The molecule has 0 spiro atoms. The quantitative estimate of drug-likeness (QED) is 0.638. The molecule has 3 rings (SSSR count). The molecule has 3 heteroatoms. The third-order valence-corrected chi connectivity index (χ3v) is 3.66. The number of aromatic nitrogens is 1. The minimum Gasteiger partial charge on any atom is -0.323 e. The molecule has 0 bridgehead atoms. The highest BCUT2D eigenvalue weighted by molar-refractivity contribution is 5.93. The molecule has 1 heterocycles. The fourth-order valence-electron chi connectivity index (χ4n) is 2.46. The SMILES string of the molecule is CC(C)c1cccc2c(NN)cc(C3CC3)nc12. The summed E-state index contributed by atoms with van der Waals surface area (Å²) in [4.78, 5) is 4.87. The van der Waals surface area contributed by atoms with Crippen LogP contribution < -0.4 is 11.3 Å². The molecule has 1 aliphatic carbocycles. The van der Waals surface area contributed by atoms with E-state index in [1.54, 1.807) is 0 Å². The van der Waals surface area contributed by atoms with Crippen LogP contribution in [-0.2, 0) is 0 Å². The Bertz CT molecular complexity index is 586. The third kappa shape index (κ3) is 1.85. The number of nitrogens with one attached hydrogen (secondary N) is 1. The number of fused-ring (bicyclic) bond motifs is 1. The van der Waals surface area contributed by atoms with E-state index in [1.807, 2.05) is 0 Å². The second-order valence-electron chi connectivity index (χ2n) is 5.41. The summed E-state index contributed by atoms with van der Waals surface area (Å²) in [6.07, 6.45) is 2.51. The number of para-hydroxylation sites is 1. The maximum atomic E-state index is 5.65. The van der Waals surface area contributed by atoms with Crippen molar-refractivity contribution in [3.05, 3.63) is 35.5 Å². The molecule has 2 aromatic rings. The maximum Gasteiger partial charge on any atom is 0.0761 e. The Morgan fingerprint density at radius 1 is 1.33 bits per heavy atom. The first-order chi connectivity index (χ1) is 8.70. The van der Waals surface area contributed by atoms with E-state index in [2.05, 4.69) is 43.5 Å². The number of rotatable bonds is 3. The Labute approximate surface area is 107 Å². The van der Waals surface area contributed by atoms with Crippen molar-refractivity contribution in [2.45, 2.75) is 38.5 Å². The molecule has 1 aromatic carbocycles. The van der Waals surface area contributed by atoms with E-state index in [1.165, 1.54) is 24.1 Å². The average Bonchev–Trinajstić information content (AvgIpc) is 3.20. The zero-order chi connectivity index (χ0) is 12.7. The van der Waals surface area contributed by atoms with E-state index in [9.17, 15) is 0 Å². The largest absolute Gasteiger partial charge is 0.323 e. The smallest absolute Gasteiger partial charge is 0.0761 e. The van der Waals surface area contributed by atoms with Gasteiger partial charge in [0.05, 0.1) is 11.2 Å². The molecule has 94 valence electrons. The van der Waals surface area contributed by atoms with Gasteiger partial charge < -0.3 is 5.43 Å². The molecule has 0 atom stereocenters. The number of nitrogens with two attached hydrogens (primary N) is 1. The van der Waals surface area contributed by atoms with Gasteiger partial charge >= 0.3 is 0 Å². The summed E-state index contributed by atoms with van der Waals surface area (Å²) in [5, 5.41) is 1.12. The van der Waals surface area contributed by atoms with E-state index in [-0.39, 0.29) is 0 Å². The van der Waals surface area contributed by atoms with Gasteiger partial charge in [-0.2, -0.15) is 0 Å². The zero-order valence-electron chi connectivity index (χ0n) is 10.9. The Morgan fingerprint density at radius 3 is 2.72 bits per heavy atom. The van der Waals surface area contributed by atoms with Crippen LogP contribution in [0.1, 0.15) is 49.8 Å². The van der Waals surface area contributed by atoms with Crippen molar-refractivity contribution in [1.29, 1.82) is 0 Å². The van der Waals surface area contributed by atoms with E-state index in [0.717, 1.165) is 16.6 Å². The number of nitrogens with zero attached hydrogens (tertiary/aromatic N) is 1. The Kier molecular flexibility index (Phi) is 2.71. The van der Waals surface area contributed by atoms with Crippen LogP contribution in [0.5, 0.6) is 0 Å². The lowest BCUT2D eigenvalue weighted by Gasteiger charge is -2.13. The highest BCUT2D eigenvalue weighted by Crippen LogP contribution is 2.41. The lowest BCUT2D eigenvalue weighted by Crippen LogP contribution is -2.09. The molecule has 1 aromatic heterocycles. The normalized spacial score (nSPS) is 15.3. The van der Waals surface area contributed by atoms with Gasteiger partial charge in [0, 0.05) is 17.0 Å². The van der Waals surface area contributed by atoms with Crippen LogP contribution in [0, 0.1) is 0 Å². The summed E-state index contributed by atoms with van der Waals surface area (Å²) < 4.78 is 0. The van der Waals surface area contributed by atoms with Crippen molar-refractivity contribution in [3.8, 4) is 0 Å². The molecule has 0 unspecified atom stereocenters. The summed E-state index contributed by atoms with van der Waals surface area (Å²) in [7, 11) is 0. The van der Waals surface area contributed by atoms with Crippen LogP contribution in [0.3, 0.4) is 0 Å². The van der Waals surface area contributed by atoms with Gasteiger partial charge in [0.2, 0.25) is 0 Å².